The van der Waals surface area contributed by atoms with Crippen LogP contribution in [-0.2, 0) is 10.0 Å². The van der Waals surface area contributed by atoms with Crippen LogP contribution in [-0.4, -0.2) is 28.0 Å². The molecule has 0 fully saturated rings. The minimum absolute atomic E-state index is 0.111. The van der Waals surface area contributed by atoms with Crippen LogP contribution in [0.5, 0.6) is 5.75 Å². The molecule has 0 aromatic heterocycles. The Morgan fingerprint density at radius 3 is 2.48 bits per heavy atom. The molecule has 0 bridgehead atoms. The summed E-state index contributed by atoms with van der Waals surface area (Å²) in [6.45, 7) is 3.61. The van der Waals surface area contributed by atoms with E-state index in [1.54, 1.807) is 25.3 Å². The molecule has 6 nitrogen and oxygen atoms in total. The number of carbonyl (C=O) groups is 1. The molecular weight excluding hydrogens is 408 g/mol. The van der Waals surface area contributed by atoms with Crippen LogP contribution < -0.4 is 14.8 Å². The van der Waals surface area contributed by atoms with Crippen LogP contribution in [0, 0.1) is 0 Å². The van der Waals surface area contributed by atoms with Gasteiger partial charge in [0.1, 0.15) is 5.75 Å². The van der Waals surface area contributed by atoms with Crippen molar-refractivity contribution in [2.75, 3.05) is 19.0 Å². The maximum absolute atomic E-state index is 12.3. The molecule has 8 heteroatoms. The number of sulfonamides is 1. The van der Waals surface area contributed by atoms with Crippen molar-refractivity contribution in [2.24, 2.45) is 0 Å². The second-order valence-electron chi connectivity index (χ2n) is 4.97. The topological polar surface area (TPSA) is 84.5 Å². The predicted molar refractivity (Wildman–Crippen MR) is 100 cm³/mol. The first-order valence-corrected chi connectivity index (χ1v) is 9.50. The van der Waals surface area contributed by atoms with Gasteiger partial charge in [0.2, 0.25) is 10.0 Å². The smallest absolute Gasteiger partial charge is 0.255 e. The fourth-order valence-electron chi connectivity index (χ4n) is 1.98. The average Bonchev–Trinajstić information content (AvgIpc) is 2.60. The van der Waals surface area contributed by atoms with E-state index in [0.29, 0.717) is 21.5 Å². The lowest BCUT2D eigenvalue weighted by Gasteiger charge is -2.09. The van der Waals surface area contributed by atoms with Crippen LogP contribution in [0.1, 0.15) is 10.4 Å². The van der Waals surface area contributed by atoms with Crippen molar-refractivity contribution >= 4 is 37.5 Å². The fraction of sp³-hybridized carbons (Fsp3) is 0.118. The van der Waals surface area contributed by atoms with Crippen LogP contribution in [0.2, 0.25) is 0 Å². The van der Waals surface area contributed by atoms with Crippen LogP contribution in [0.4, 0.5) is 5.69 Å². The Balaban J connectivity index is 2.12. The molecule has 0 saturated carbocycles. The molecule has 0 radical (unpaired) electrons. The van der Waals surface area contributed by atoms with Crippen LogP contribution >= 0.6 is 15.9 Å². The summed E-state index contributed by atoms with van der Waals surface area (Å²) in [7, 11) is -2.05. The standard InChI is InChI=1S/C17H17BrN2O4S/c1-3-10-19-25(22,23)14-7-5-13(6-8-14)20-17(21)12-4-9-16(24-2)15(18)11-12/h3-9,11,19H,1,10H2,2H3,(H,20,21). The van der Waals surface area contributed by atoms with E-state index < -0.39 is 10.0 Å². The molecule has 0 spiro atoms. The monoisotopic (exact) mass is 424 g/mol. The number of hydrogen-bond acceptors (Lipinski definition) is 4. The number of benzene rings is 2. The number of carbonyl (C=O) groups excluding carboxylic acids is 1. The van der Waals surface area contributed by atoms with Gasteiger partial charge in [0, 0.05) is 17.8 Å². The molecule has 2 aromatic rings. The summed E-state index contributed by atoms with van der Waals surface area (Å²) in [6.07, 6.45) is 1.46. The summed E-state index contributed by atoms with van der Waals surface area (Å²) in [6, 6.07) is 10.9. The van der Waals surface area contributed by atoms with Crippen molar-refractivity contribution in [3.8, 4) is 5.75 Å². The molecule has 25 heavy (non-hydrogen) atoms. The molecular formula is C17H17BrN2O4S. The maximum atomic E-state index is 12.3. The van der Waals surface area contributed by atoms with Gasteiger partial charge in [-0.2, -0.15) is 0 Å². The van der Waals surface area contributed by atoms with Gasteiger partial charge in [-0.25, -0.2) is 13.1 Å². The number of anilines is 1. The fourth-order valence-corrected chi connectivity index (χ4v) is 3.52. The average molecular weight is 425 g/mol. The van der Waals surface area contributed by atoms with Gasteiger partial charge in [0.05, 0.1) is 16.5 Å². The highest BCUT2D eigenvalue weighted by Crippen LogP contribution is 2.26. The zero-order valence-electron chi connectivity index (χ0n) is 13.5. The second-order valence-corrected chi connectivity index (χ2v) is 7.59. The Kier molecular flexibility index (Phi) is 6.35. The lowest BCUT2D eigenvalue weighted by molar-refractivity contribution is 0.102. The van der Waals surface area contributed by atoms with Gasteiger partial charge in [0.15, 0.2) is 0 Å². The lowest BCUT2D eigenvalue weighted by Crippen LogP contribution is -2.23. The Hall–Kier alpha value is -2.16. The zero-order valence-corrected chi connectivity index (χ0v) is 15.9. The van der Waals surface area contributed by atoms with Crippen molar-refractivity contribution in [1.29, 1.82) is 0 Å². The molecule has 0 aliphatic heterocycles. The van der Waals surface area contributed by atoms with E-state index in [9.17, 15) is 13.2 Å². The first-order chi connectivity index (χ1) is 11.9. The predicted octanol–water partition coefficient (Wildman–Crippen LogP) is 3.17. The molecule has 0 aliphatic carbocycles. The molecule has 1 amide bonds. The molecule has 0 atom stereocenters. The lowest BCUT2D eigenvalue weighted by atomic mass is 10.2. The number of nitrogens with one attached hydrogen (secondary N) is 2. The molecule has 0 aliphatic rings. The van der Waals surface area contributed by atoms with Crippen molar-refractivity contribution in [3.63, 3.8) is 0 Å². The molecule has 0 heterocycles. The summed E-state index contributed by atoms with van der Waals surface area (Å²) in [5, 5.41) is 2.71. The molecule has 2 aromatic carbocycles. The summed E-state index contributed by atoms with van der Waals surface area (Å²) in [4.78, 5) is 12.4. The van der Waals surface area contributed by atoms with Gasteiger partial charge in [-0.3, -0.25) is 4.79 Å². The molecule has 0 saturated heterocycles. The van der Waals surface area contributed by atoms with Crippen molar-refractivity contribution in [3.05, 3.63) is 65.2 Å². The summed E-state index contributed by atoms with van der Waals surface area (Å²) >= 11 is 3.33. The summed E-state index contributed by atoms with van der Waals surface area (Å²) < 4.78 is 32.1. The van der Waals surface area contributed by atoms with Crippen molar-refractivity contribution in [1.82, 2.24) is 4.72 Å². The third-order valence-corrected chi connectivity index (χ3v) is 5.31. The van der Waals surface area contributed by atoms with Crippen LogP contribution in [0.25, 0.3) is 0 Å². The largest absolute Gasteiger partial charge is 0.496 e. The number of ether oxygens (including phenoxy) is 1. The van der Waals surface area contributed by atoms with Gasteiger partial charge in [-0.15, -0.1) is 6.58 Å². The van der Waals surface area contributed by atoms with Crippen molar-refractivity contribution < 1.29 is 17.9 Å². The highest BCUT2D eigenvalue weighted by Gasteiger charge is 2.13. The molecule has 2 rings (SSSR count). The van der Waals surface area contributed by atoms with E-state index in [0.717, 1.165) is 0 Å². The number of amides is 1. The summed E-state index contributed by atoms with van der Waals surface area (Å²) in [5.41, 5.74) is 0.927. The van der Waals surface area contributed by atoms with Gasteiger partial charge in [0.25, 0.3) is 5.91 Å². The van der Waals surface area contributed by atoms with E-state index in [1.807, 2.05) is 0 Å². The Morgan fingerprint density at radius 2 is 1.92 bits per heavy atom. The Morgan fingerprint density at radius 1 is 1.24 bits per heavy atom. The van der Waals surface area contributed by atoms with Crippen LogP contribution in [0.15, 0.2) is 64.5 Å². The SMILES string of the molecule is C=CCNS(=O)(=O)c1ccc(NC(=O)c2ccc(OC)c(Br)c2)cc1. The van der Waals surface area contributed by atoms with Crippen molar-refractivity contribution in [2.45, 2.75) is 4.90 Å². The van der Waals surface area contributed by atoms with E-state index in [2.05, 4.69) is 32.5 Å². The minimum Gasteiger partial charge on any atom is -0.496 e. The van der Waals surface area contributed by atoms with Gasteiger partial charge in [-0.05, 0) is 58.4 Å². The number of hydrogen-bond donors (Lipinski definition) is 2. The number of methoxy groups -OCH3 is 1. The molecule has 0 unspecified atom stereocenters. The maximum Gasteiger partial charge on any atom is 0.255 e. The minimum atomic E-state index is -3.59. The van der Waals surface area contributed by atoms with E-state index in [-0.39, 0.29) is 17.3 Å². The third-order valence-electron chi connectivity index (χ3n) is 3.25. The van der Waals surface area contributed by atoms with E-state index in [4.69, 9.17) is 4.74 Å². The molecule has 132 valence electrons. The Bertz CT molecular complexity index is 880. The van der Waals surface area contributed by atoms with Gasteiger partial charge >= 0.3 is 0 Å². The number of rotatable bonds is 7. The highest BCUT2D eigenvalue weighted by atomic mass is 79.9. The number of halogens is 1. The van der Waals surface area contributed by atoms with E-state index in [1.165, 1.54) is 30.3 Å². The zero-order chi connectivity index (χ0) is 18.4. The Labute approximate surface area is 155 Å². The quantitative estimate of drug-likeness (QED) is 0.668. The highest BCUT2D eigenvalue weighted by molar-refractivity contribution is 9.10. The summed E-state index contributed by atoms with van der Waals surface area (Å²) in [5.74, 6) is 0.307. The molecule has 2 N–H and O–H groups in total. The van der Waals surface area contributed by atoms with Crippen LogP contribution in [0.3, 0.4) is 0 Å². The van der Waals surface area contributed by atoms with Gasteiger partial charge in [-0.1, -0.05) is 6.08 Å². The van der Waals surface area contributed by atoms with Gasteiger partial charge < -0.3 is 10.1 Å². The third kappa shape index (κ3) is 4.91. The van der Waals surface area contributed by atoms with E-state index >= 15 is 0 Å². The second kappa shape index (κ2) is 8.28. The first kappa shape index (κ1) is 19.2. The first-order valence-electron chi connectivity index (χ1n) is 7.23. The normalized spacial score (nSPS) is 11.0.